The lowest BCUT2D eigenvalue weighted by molar-refractivity contribution is -0.303. The van der Waals surface area contributed by atoms with E-state index < -0.39 is 12.3 Å². The minimum absolute atomic E-state index is 0.0326. The van der Waals surface area contributed by atoms with Gasteiger partial charge in [-0.3, -0.25) is 0 Å². The van der Waals surface area contributed by atoms with Gasteiger partial charge in [-0.05, 0) is 13.3 Å². The zero-order valence-electron chi connectivity index (χ0n) is 6.73. The molecule has 0 aliphatic carbocycles. The van der Waals surface area contributed by atoms with Crippen molar-refractivity contribution in [3.63, 3.8) is 0 Å². The average Bonchev–Trinajstić information content (AvgIpc) is 1.84. The quantitative estimate of drug-likeness (QED) is 0.484. The second kappa shape index (κ2) is 4.13. The predicted octanol–water partition coefficient (Wildman–Crippen LogP) is 2.41. The third-order valence-electron chi connectivity index (χ3n) is 1.04. The Balaban J connectivity index is 4.15. The van der Waals surface area contributed by atoms with Gasteiger partial charge in [0.25, 0.3) is 0 Å². The minimum Gasteiger partial charge on any atom is -0.369 e. The lowest BCUT2D eigenvalue weighted by Gasteiger charge is -2.06. The number of hydrogen-bond donors (Lipinski definition) is 0. The van der Waals surface area contributed by atoms with Crippen LogP contribution in [0.1, 0.15) is 20.3 Å². The number of esters is 1. The van der Waals surface area contributed by atoms with E-state index in [0.717, 1.165) is 0 Å². The Kier molecular flexibility index (Phi) is 3.79. The monoisotopic (exact) mass is 182 g/mol. The van der Waals surface area contributed by atoms with Crippen LogP contribution in [0.15, 0.2) is 11.6 Å². The van der Waals surface area contributed by atoms with Crippen LogP contribution in [-0.4, -0.2) is 12.3 Å². The van der Waals surface area contributed by atoms with E-state index in [2.05, 4.69) is 4.74 Å². The van der Waals surface area contributed by atoms with Crippen LogP contribution >= 0.6 is 0 Å². The van der Waals surface area contributed by atoms with Gasteiger partial charge in [-0.1, -0.05) is 13.0 Å². The molecule has 0 radical (unpaired) electrons. The van der Waals surface area contributed by atoms with E-state index in [0.29, 0.717) is 6.42 Å². The van der Waals surface area contributed by atoms with Crippen molar-refractivity contribution in [3.8, 4) is 0 Å². The summed E-state index contributed by atoms with van der Waals surface area (Å²) in [7, 11) is 0. The average molecular weight is 182 g/mol. The van der Waals surface area contributed by atoms with Crippen LogP contribution in [0.25, 0.3) is 0 Å². The molecule has 0 rings (SSSR count). The summed E-state index contributed by atoms with van der Waals surface area (Å²) in [5.74, 6) is -1.34. The summed E-state index contributed by atoms with van der Waals surface area (Å²) in [6.45, 7) is 2.99. The number of ether oxygens (including phenoxy) is 1. The van der Waals surface area contributed by atoms with Crippen molar-refractivity contribution in [2.24, 2.45) is 0 Å². The number of hydrogen-bond acceptors (Lipinski definition) is 2. The Bertz CT molecular complexity index is 193. The fourth-order valence-corrected chi connectivity index (χ4v) is 0.575. The van der Waals surface area contributed by atoms with Crippen molar-refractivity contribution in [1.29, 1.82) is 0 Å². The highest BCUT2D eigenvalue weighted by Gasteiger charge is 2.34. The molecule has 0 aromatic carbocycles. The standard InChI is InChI=1S/C7H9F3O2/c1-3-4-5(2)6(11)12-7(8,9)10/h4H,3H2,1-2H3. The van der Waals surface area contributed by atoms with E-state index in [-0.39, 0.29) is 5.57 Å². The Morgan fingerprint density at radius 2 is 2.00 bits per heavy atom. The highest BCUT2D eigenvalue weighted by Crippen LogP contribution is 2.18. The third kappa shape index (κ3) is 4.76. The zero-order valence-corrected chi connectivity index (χ0v) is 6.73. The molecule has 0 aliphatic rings. The van der Waals surface area contributed by atoms with Gasteiger partial charge in [-0.25, -0.2) is 4.79 Å². The first-order valence-corrected chi connectivity index (χ1v) is 3.33. The Morgan fingerprint density at radius 3 is 2.33 bits per heavy atom. The summed E-state index contributed by atoms with van der Waals surface area (Å²) in [6, 6.07) is 0. The van der Waals surface area contributed by atoms with Crippen molar-refractivity contribution in [2.75, 3.05) is 0 Å². The largest absolute Gasteiger partial charge is 0.575 e. The summed E-state index contributed by atoms with van der Waals surface area (Å²) in [6.07, 6.45) is -3.02. The van der Waals surface area contributed by atoms with E-state index in [1.165, 1.54) is 13.0 Å². The van der Waals surface area contributed by atoms with Crippen molar-refractivity contribution in [1.82, 2.24) is 0 Å². The number of allylic oxidation sites excluding steroid dienone is 1. The Hall–Kier alpha value is -1.00. The molecular formula is C7H9F3O2. The number of carbonyl (C=O) groups is 1. The van der Waals surface area contributed by atoms with Gasteiger partial charge < -0.3 is 4.74 Å². The smallest absolute Gasteiger partial charge is 0.369 e. The van der Waals surface area contributed by atoms with Crippen LogP contribution in [0.3, 0.4) is 0 Å². The first-order valence-electron chi connectivity index (χ1n) is 3.33. The molecule has 0 fully saturated rings. The van der Waals surface area contributed by atoms with Gasteiger partial charge in [0.05, 0.1) is 0 Å². The summed E-state index contributed by atoms with van der Waals surface area (Å²) < 4.78 is 37.5. The van der Waals surface area contributed by atoms with Gasteiger partial charge in [0, 0.05) is 5.57 Å². The van der Waals surface area contributed by atoms with Gasteiger partial charge >= 0.3 is 12.3 Å². The first kappa shape index (κ1) is 11.0. The van der Waals surface area contributed by atoms with Crippen LogP contribution < -0.4 is 0 Å². The fourth-order valence-electron chi connectivity index (χ4n) is 0.575. The summed E-state index contributed by atoms with van der Waals surface area (Å²) in [5.41, 5.74) is -0.0326. The molecule has 0 aliphatic heterocycles. The van der Waals surface area contributed by atoms with Crippen molar-refractivity contribution < 1.29 is 22.7 Å². The highest BCUT2D eigenvalue weighted by atomic mass is 19.4. The van der Waals surface area contributed by atoms with Gasteiger partial charge in [0.1, 0.15) is 0 Å². The molecule has 12 heavy (non-hydrogen) atoms. The summed E-state index contributed by atoms with van der Waals surface area (Å²) in [4.78, 5) is 10.5. The molecular weight excluding hydrogens is 173 g/mol. The van der Waals surface area contributed by atoms with E-state index in [1.807, 2.05) is 0 Å². The molecule has 70 valence electrons. The fraction of sp³-hybridized carbons (Fsp3) is 0.571. The molecule has 0 saturated carbocycles. The molecule has 0 N–H and O–H groups in total. The minimum atomic E-state index is -4.89. The predicted molar refractivity (Wildman–Crippen MR) is 36.2 cm³/mol. The SMILES string of the molecule is CCC=C(C)C(=O)OC(F)(F)F. The van der Waals surface area contributed by atoms with Crippen LogP contribution in [0.4, 0.5) is 13.2 Å². The highest BCUT2D eigenvalue weighted by molar-refractivity contribution is 5.87. The number of carbonyl (C=O) groups excluding carboxylic acids is 1. The summed E-state index contributed by atoms with van der Waals surface area (Å²) >= 11 is 0. The van der Waals surface area contributed by atoms with E-state index in [1.54, 1.807) is 6.92 Å². The second-order valence-electron chi connectivity index (χ2n) is 2.13. The summed E-state index contributed by atoms with van der Waals surface area (Å²) in [5, 5.41) is 0. The molecule has 0 atom stereocenters. The van der Waals surface area contributed by atoms with Gasteiger partial charge in [-0.2, -0.15) is 0 Å². The molecule has 5 heteroatoms. The normalized spacial score (nSPS) is 12.9. The number of alkyl halides is 3. The van der Waals surface area contributed by atoms with Crippen LogP contribution in [0.5, 0.6) is 0 Å². The second-order valence-corrected chi connectivity index (χ2v) is 2.13. The lowest BCUT2D eigenvalue weighted by Crippen LogP contribution is -2.19. The molecule has 0 saturated heterocycles. The number of halogens is 3. The van der Waals surface area contributed by atoms with Crippen LogP contribution in [0, 0.1) is 0 Å². The molecule has 0 bridgehead atoms. The number of rotatable bonds is 2. The maximum atomic E-state index is 11.4. The van der Waals surface area contributed by atoms with Gasteiger partial charge in [0.2, 0.25) is 0 Å². The van der Waals surface area contributed by atoms with Crippen molar-refractivity contribution in [2.45, 2.75) is 26.6 Å². The Labute approximate surface area is 68.0 Å². The molecule has 0 aromatic rings. The Morgan fingerprint density at radius 1 is 1.50 bits per heavy atom. The maximum Gasteiger partial charge on any atom is 0.575 e. The maximum absolute atomic E-state index is 11.4. The zero-order chi connectivity index (χ0) is 9.78. The molecule has 0 spiro atoms. The molecule has 2 nitrogen and oxygen atoms in total. The molecule has 0 aromatic heterocycles. The molecule has 0 heterocycles. The first-order chi connectivity index (χ1) is 5.37. The van der Waals surface area contributed by atoms with Gasteiger partial charge in [0.15, 0.2) is 0 Å². The van der Waals surface area contributed by atoms with E-state index in [9.17, 15) is 18.0 Å². The van der Waals surface area contributed by atoms with Crippen molar-refractivity contribution in [3.05, 3.63) is 11.6 Å². The third-order valence-corrected chi connectivity index (χ3v) is 1.04. The van der Waals surface area contributed by atoms with Crippen molar-refractivity contribution >= 4 is 5.97 Å². The van der Waals surface area contributed by atoms with Crippen LogP contribution in [0.2, 0.25) is 0 Å². The van der Waals surface area contributed by atoms with Gasteiger partial charge in [-0.15, -0.1) is 13.2 Å². The molecule has 0 unspecified atom stereocenters. The van der Waals surface area contributed by atoms with E-state index in [4.69, 9.17) is 0 Å². The topological polar surface area (TPSA) is 26.3 Å². The molecule has 0 amide bonds. The van der Waals surface area contributed by atoms with Crippen LogP contribution in [-0.2, 0) is 9.53 Å². The lowest BCUT2D eigenvalue weighted by atomic mass is 10.2. The van der Waals surface area contributed by atoms with E-state index >= 15 is 0 Å².